The lowest BCUT2D eigenvalue weighted by atomic mass is 9.77. The van der Waals surface area contributed by atoms with Crippen LogP contribution >= 0.6 is 0 Å². The quantitative estimate of drug-likeness (QED) is 0.751. The Bertz CT molecular complexity index is 318. The van der Waals surface area contributed by atoms with Crippen LogP contribution in [0.5, 0.6) is 0 Å². The average molecular weight is 296 g/mol. The number of ether oxygens (including phenoxy) is 1. The smallest absolute Gasteiger partial charge is 0.0677 e. The van der Waals surface area contributed by atoms with Gasteiger partial charge in [0.1, 0.15) is 0 Å². The van der Waals surface area contributed by atoms with E-state index in [0.29, 0.717) is 12.0 Å². The van der Waals surface area contributed by atoms with E-state index < -0.39 is 0 Å². The summed E-state index contributed by atoms with van der Waals surface area (Å²) in [7, 11) is 0. The Balaban J connectivity index is 1.94. The van der Waals surface area contributed by atoms with Crippen LogP contribution in [0.4, 0.5) is 0 Å². The maximum atomic E-state index is 6.33. The largest absolute Gasteiger partial charge is 0.369 e. The molecule has 2 rings (SSSR count). The molecule has 0 aromatic rings. The van der Waals surface area contributed by atoms with Crippen molar-refractivity contribution in [2.24, 2.45) is 11.8 Å². The summed E-state index contributed by atoms with van der Waals surface area (Å²) >= 11 is 0. The van der Waals surface area contributed by atoms with E-state index in [2.05, 4.69) is 39.9 Å². The van der Waals surface area contributed by atoms with Crippen LogP contribution in [-0.2, 0) is 4.74 Å². The first kappa shape index (κ1) is 17.3. The van der Waals surface area contributed by atoms with Gasteiger partial charge in [0.15, 0.2) is 0 Å². The van der Waals surface area contributed by atoms with Crippen LogP contribution in [0.3, 0.4) is 0 Å². The average Bonchev–Trinajstić information content (AvgIpc) is 2.63. The third-order valence-electron chi connectivity index (χ3n) is 5.71. The highest BCUT2D eigenvalue weighted by molar-refractivity contribution is 4.99. The Labute approximate surface area is 132 Å². The molecule has 2 atom stereocenters. The number of hydrogen-bond donors (Lipinski definition) is 1. The van der Waals surface area contributed by atoms with Crippen LogP contribution in [0, 0.1) is 11.8 Å². The van der Waals surface area contributed by atoms with Gasteiger partial charge in [-0.1, -0.05) is 39.0 Å². The van der Waals surface area contributed by atoms with Crippen molar-refractivity contribution >= 4 is 0 Å². The van der Waals surface area contributed by atoms with Crippen LogP contribution < -0.4 is 5.32 Å². The minimum absolute atomic E-state index is 0.00288. The van der Waals surface area contributed by atoms with Gasteiger partial charge in [-0.15, -0.1) is 0 Å². The molecule has 2 aliphatic rings. The summed E-state index contributed by atoms with van der Waals surface area (Å²) in [5, 5.41) is 3.78. The fourth-order valence-corrected chi connectivity index (χ4v) is 4.83. The topological polar surface area (TPSA) is 21.3 Å². The maximum Gasteiger partial charge on any atom is 0.0677 e. The van der Waals surface area contributed by atoms with E-state index in [-0.39, 0.29) is 11.2 Å². The van der Waals surface area contributed by atoms with Crippen molar-refractivity contribution in [3.63, 3.8) is 0 Å². The Morgan fingerprint density at radius 1 is 1.10 bits per heavy atom. The molecule has 0 spiro atoms. The van der Waals surface area contributed by atoms with E-state index in [1.807, 2.05) is 0 Å². The van der Waals surface area contributed by atoms with Crippen molar-refractivity contribution in [2.75, 3.05) is 6.54 Å². The lowest BCUT2D eigenvalue weighted by molar-refractivity contribution is -0.0780. The van der Waals surface area contributed by atoms with E-state index in [0.717, 1.165) is 12.5 Å². The second-order valence-electron chi connectivity index (χ2n) is 8.52. The zero-order chi connectivity index (χ0) is 15.5. The standard InChI is InChI=1S/C19H37NO/c1-6-20-17(13-12-15-10-8-7-9-11-15)16-14-18(2,3)21-19(16,4)5/h15-17,20H,6-14H2,1-5H3. The van der Waals surface area contributed by atoms with Gasteiger partial charge in [-0.2, -0.15) is 0 Å². The highest BCUT2D eigenvalue weighted by Crippen LogP contribution is 2.44. The first-order valence-corrected chi connectivity index (χ1v) is 9.27. The van der Waals surface area contributed by atoms with Gasteiger partial charge < -0.3 is 10.1 Å². The molecule has 2 nitrogen and oxygen atoms in total. The lowest BCUT2D eigenvalue weighted by Gasteiger charge is -2.34. The Morgan fingerprint density at radius 3 is 2.29 bits per heavy atom. The molecule has 0 bridgehead atoms. The summed E-state index contributed by atoms with van der Waals surface area (Å²) < 4.78 is 6.33. The van der Waals surface area contributed by atoms with E-state index in [9.17, 15) is 0 Å². The molecule has 1 N–H and O–H groups in total. The van der Waals surface area contributed by atoms with Gasteiger partial charge in [0, 0.05) is 12.0 Å². The molecule has 1 heterocycles. The fourth-order valence-electron chi connectivity index (χ4n) is 4.83. The van der Waals surface area contributed by atoms with Crippen LogP contribution in [0.25, 0.3) is 0 Å². The van der Waals surface area contributed by atoms with Crippen LogP contribution in [0.15, 0.2) is 0 Å². The Hall–Kier alpha value is -0.0800. The van der Waals surface area contributed by atoms with E-state index >= 15 is 0 Å². The third-order valence-corrected chi connectivity index (χ3v) is 5.71. The highest BCUT2D eigenvalue weighted by Gasteiger charge is 2.48. The third kappa shape index (κ3) is 4.69. The molecule has 1 saturated carbocycles. The van der Waals surface area contributed by atoms with Crippen molar-refractivity contribution in [1.82, 2.24) is 5.32 Å². The first-order chi connectivity index (χ1) is 9.84. The molecule has 2 fully saturated rings. The molecule has 0 radical (unpaired) electrons. The predicted octanol–water partition coefficient (Wildman–Crippen LogP) is 4.92. The van der Waals surface area contributed by atoms with Gasteiger partial charge in [-0.05, 0) is 59.4 Å². The number of rotatable bonds is 6. The van der Waals surface area contributed by atoms with E-state index in [4.69, 9.17) is 4.74 Å². The van der Waals surface area contributed by atoms with Gasteiger partial charge >= 0.3 is 0 Å². The molecule has 0 aromatic carbocycles. The minimum atomic E-state index is 0.00288. The zero-order valence-corrected chi connectivity index (χ0v) is 15.0. The van der Waals surface area contributed by atoms with Crippen LogP contribution in [-0.4, -0.2) is 23.8 Å². The van der Waals surface area contributed by atoms with Gasteiger partial charge in [0.25, 0.3) is 0 Å². The highest BCUT2D eigenvalue weighted by atomic mass is 16.5. The van der Waals surface area contributed by atoms with Crippen molar-refractivity contribution < 1.29 is 4.74 Å². The second-order valence-corrected chi connectivity index (χ2v) is 8.52. The molecule has 1 aliphatic carbocycles. The molecule has 1 saturated heterocycles. The SMILES string of the molecule is CCNC(CCC1CCCCC1)C1CC(C)(C)OC1(C)C. The Morgan fingerprint density at radius 2 is 1.76 bits per heavy atom. The monoisotopic (exact) mass is 295 g/mol. The summed E-state index contributed by atoms with van der Waals surface area (Å²) in [5.74, 6) is 1.62. The lowest BCUT2D eigenvalue weighted by Crippen LogP contribution is -2.44. The molecule has 2 unspecified atom stereocenters. The molecule has 0 aromatic heterocycles. The van der Waals surface area contributed by atoms with Crippen LogP contribution in [0.1, 0.15) is 86.0 Å². The summed E-state index contributed by atoms with van der Waals surface area (Å²) in [6, 6.07) is 0.619. The summed E-state index contributed by atoms with van der Waals surface area (Å²) in [4.78, 5) is 0. The molecule has 124 valence electrons. The second kappa shape index (κ2) is 7.00. The normalized spacial score (nSPS) is 30.4. The minimum Gasteiger partial charge on any atom is -0.369 e. The van der Waals surface area contributed by atoms with Crippen molar-refractivity contribution in [3.05, 3.63) is 0 Å². The molecular weight excluding hydrogens is 258 g/mol. The summed E-state index contributed by atoms with van der Waals surface area (Å²) in [6.07, 6.45) is 11.2. The molecular formula is C19H37NO. The van der Waals surface area contributed by atoms with E-state index in [1.54, 1.807) is 0 Å². The molecule has 0 amide bonds. The first-order valence-electron chi connectivity index (χ1n) is 9.27. The molecule has 21 heavy (non-hydrogen) atoms. The van der Waals surface area contributed by atoms with Gasteiger partial charge in [0.2, 0.25) is 0 Å². The van der Waals surface area contributed by atoms with Crippen molar-refractivity contribution in [2.45, 2.75) is 103 Å². The van der Waals surface area contributed by atoms with Gasteiger partial charge in [0.05, 0.1) is 11.2 Å². The zero-order valence-electron chi connectivity index (χ0n) is 15.0. The molecule has 1 aliphatic heterocycles. The number of nitrogens with one attached hydrogen (secondary N) is 1. The molecule has 2 heteroatoms. The summed E-state index contributed by atoms with van der Waals surface area (Å²) in [5.41, 5.74) is 0.0373. The number of hydrogen-bond acceptors (Lipinski definition) is 2. The maximum absolute atomic E-state index is 6.33. The van der Waals surface area contributed by atoms with Gasteiger partial charge in [-0.3, -0.25) is 0 Å². The predicted molar refractivity (Wildman–Crippen MR) is 90.6 cm³/mol. The van der Waals surface area contributed by atoms with Crippen molar-refractivity contribution in [1.29, 1.82) is 0 Å². The van der Waals surface area contributed by atoms with Crippen LogP contribution in [0.2, 0.25) is 0 Å². The fraction of sp³-hybridized carbons (Fsp3) is 1.00. The summed E-state index contributed by atoms with van der Waals surface area (Å²) in [6.45, 7) is 12.4. The van der Waals surface area contributed by atoms with Gasteiger partial charge in [-0.25, -0.2) is 0 Å². The van der Waals surface area contributed by atoms with Crippen molar-refractivity contribution in [3.8, 4) is 0 Å². The van der Waals surface area contributed by atoms with E-state index in [1.165, 1.54) is 51.4 Å². The Kier molecular flexibility index (Phi) is 5.76.